The van der Waals surface area contributed by atoms with Gasteiger partial charge in [-0.1, -0.05) is 18.5 Å². The number of anilines is 1. The van der Waals surface area contributed by atoms with Crippen molar-refractivity contribution in [1.29, 1.82) is 0 Å². The molecule has 1 aromatic rings. The van der Waals surface area contributed by atoms with E-state index in [2.05, 4.69) is 23.6 Å². The number of halogens is 1. The highest BCUT2D eigenvalue weighted by Gasteiger charge is 2.23. The first-order chi connectivity index (χ1) is 9.11. The molecule has 6 heteroatoms. The normalized spacial score (nSPS) is 16.4. The molecule has 106 valence electrons. The lowest BCUT2D eigenvalue weighted by atomic mass is 10.3. The van der Waals surface area contributed by atoms with Gasteiger partial charge in [-0.2, -0.15) is 16.9 Å². The fourth-order valence-corrected chi connectivity index (χ4v) is 2.37. The van der Waals surface area contributed by atoms with Crippen LogP contribution in [0, 0.1) is 5.92 Å². The predicted molar refractivity (Wildman–Crippen MR) is 82.3 cm³/mol. The molecule has 1 saturated carbocycles. The first kappa shape index (κ1) is 14.7. The van der Waals surface area contributed by atoms with E-state index in [0.29, 0.717) is 28.4 Å². The van der Waals surface area contributed by atoms with Gasteiger partial charge in [0.1, 0.15) is 5.69 Å². The predicted octanol–water partition coefficient (Wildman–Crippen LogP) is 2.86. The topological polar surface area (TPSA) is 46.9 Å². The molecule has 1 heterocycles. The second-order valence-corrected chi connectivity index (χ2v) is 6.74. The van der Waals surface area contributed by atoms with Crippen LogP contribution in [0.1, 0.15) is 26.2 Å². The van der Waals surface area contributed by atoms with Crippen molar-refractivity contribution >= 4 is 29.1 Å². The Labute approximate surface area is 122 Å². The van der Waals surface area contributed by atoms with Crippen LogP contribution in [0.25, 0.3) is 0 Å². The highest BCUT2D eigenvalue weighted by atomic mass is 35.5. The third-order valence-corrected chi connectivity index (χ3v) is 4.71. The van der Waals surface area contributed by atoms with Crippen molar-refractivity contribution in [3.8, 4) is 0 Å². The summed E-state index contributed by atoms with van der Waals surface area (Å²) in [4.78, 5) is 12.2. The van der Waals surface area contributed by atoms with E-state index >= 15 is 0 Å². The molecule has 1 aliphatic carbocycles. The zero-order valence-electron chi connectivity index (χ0n) is 11.4. The van der Waals surface area contributed by atoms with Crippen LogP contribution in [-0.4, -0.2) is 27.8 Å². The zero-order valence-corrected chi connectivity index (χ0v) is 12.9. The molecule has 1 aromatic heterocycles. The van der Waals surface area contributed by atoms with Crippen molar-refractivity contribution in [3.05, 3.63) is 21.6 Å². The van der Waals surface area contributed by atoms with E-state index in [1.165, 1.54) is 17.5 Å². The highest BCUT2D eigenvalue weighted by Crippen LogP contribution is 2.30. The number of rotatable bonds is 7. The standard InChI is InChI=1S/C13H20ClN3OS/c1-9(19-2)5-6-15-12-11(14)7-16-17(13(12)18)8-10-3-4-10/h7,9-10,15H,3-6,8H2,1-2H3. The van der Waals surface area contributed by atoms with Crippen molar-refractivity contribution in [2.24, 2.45) is 5.92 Å². The lowest BCUT2D eigenvalue weighted by molar-refractivity contribution is 0.534. The van der Waals surface area contributed by atoms with Crippen LogP contribution in [0.15, 0.2) is 11.0 Å². The van der Waals surface area contributed by atoms with E-state index in [0.717, 1.165) is 13.0 Å². The molecular formula is C13H20ClN3OS. The van der Waals surface area contributed by atoms with E-state index in [1.807, 2.05) is 11.8 Å². The summed E-state index contributed by atoms with van der Waals surface area (Å²) in [5.74, 6) is 0.621. The van der Waals surface area contributed by atoms with Crippen molar-refractivity contribution in [1.82, 2.24) is 9.78 Å². The third-order valence-electron chi connectivity index (χ3n) is 3.38. The Hall–Kier alpha value is -0.680. The van der Waals surface area contributed by atoms with Gasteiger partial charge >= 0.3 is 0 Å². The van der Waals surface area contributed by atoms with E-state index < -0.39 is 0 Å². The molecule has 0 aromatic carbocycles. The number of aromatic nitrogens is 2. The summed E-state index contributed by atoms with van der Waals surface area (Å²) >= 11 is 7.88. The van der Waals surface area contributed by atoms with Gasteiger partial charge in [-0.25, -0.2) is 4.68 Å². The molecule has 0 radical (unpaired) electrons. The third kappa shape index (κ3) is 4.14. The maximum absolute atomic E-state index is 12.2. The molecular weight excluding hydrogens is 282 g/mol. The molecule has 0 saturated heterocycles. The van der Waals surface area contributed by atoms with Crippen molar-refractivity contribution in [2.45, 2.75) is 38.0 Å². The van der Waals surface area contributed by atoms with Gasteiger partial charge in [0.2, 0.25) is 0 Å². The minimum Gasteiger partial charge on any atom is -0.379 e. The Bertz CT molecular complexity index is 487. The minimum absolute atomic E-state index is 0.101. The van der Waals surface area contributed by atoms with Crippen LogP contribution in [0.3, 0.4) is 0 Å². The van der Waals surface area contributed by atoms with Crippen LogP contribution < -0.4 is 10.9 Å². The molecule has 0 spiro atoms. The highest BCUT2D eigenvalue weighted by molar-refractivity contribution is 7.99. The van der Waals surface area contributed by atoms with E-state index in [1.54, 1.807) is 6.20 Å². The summed E-state index contributed by atoms with van der Waals surface area (Å²) < 4.78 is 1.53. The smallest absolute Gasteiger partial charge is 0.291 e. The van der Waals surface area contributed by atoms with Gasteiger partial charge in [-0.05, 0) is 31.4 Å². The quantitative estimate of drug-likeness (QED) is 0.841. The minimum atomic E-state index is -0.101. The molecule has 19 heavy (non-hydrogen) atoms. The Kier molecular flexibility index (Phi) is 5.16. The molecule has 4 nitrogen and oxygen atoms in total. The van der Waals surface area contributed by atoms with Gasteiger partial charge in [0.25, 0.3) is 5.56 Å². The number of hydrogen-bond donors (Lipinski definition) is 1. The van der Waals surface area contributed by atoms with Gasteiger partial charge < -0.3 is 5.32 Å². The number of hydrogen-bond acceptors (Lipinski definition) is 4. The van der Waals surface area contributed by atoms with Crippen LogP contribution in [0.5, 0.6) is 0 Å². The molecule has 1 unspecified atom stereocenters. The molecule has 0 amide bonds. The fraction of sp³-hybridized carbons (Fsp3) is 0.692. The Morgan fingerprint density at radius 2 is 2.37 bits per heavy atom. The molecule has 1 fully saturated rings. The maximum Gasteiger partial charge on any atom is 0.291 e. The van der Waals surface area contributed by atoms with Crippen LogP contribution >= 0.6 is 23.4 Å². The Morgan fingerprint density at radius 1 is 1.63 bits per heavy atom. The first-order valence-electron chi connectivity index (χ1n) is 6.64. The van der Waals surface area contributed by atoms with Gasteiger partial charge in [-0.3, -0.25) is 4.79 Å². The summed E-state index contributed by atoms with van der Waals surface area (Å²) in [6.07, 6.45) is 7.05. The molecule has 1 N–H and O–H groups in total. The number of nitrogens with one attached hydrogen (secondary N) is 1. The van der Waals surface area contributed by atoms with Gasteiger partial charge in [0.05, 0.1) is 11.2 Å². The van der Waals surface area contributed by atoms with Crippen molar-refractivity contribution in [3.63, 3.8) is 0 Å². The van der Waals surface area contributed by atoms with Gasteiger partial charge in [0, 0.05) is 18.3 Å². The van der Waals surface area contributed by atoms with Crippen LogP contribution in [-0.2, 0) is 6.54 Å². The summed E-state index contributed by atoms with van der Waals surface area (Å²) in [6.45, 7) is 3.64. The summed E-state index contributed by atoms with van der Waals surface area (Å²) in [5, 5.41) is 8.25. The maximum atomic E-state index is 12.2. The summed E-state index contributed by atoms with van der Waals surface area (Å²) in [5.41, 5.74) is 0.391. The second-order valence-electron chi connectivity index (χ2n) is 5.06. The van der Waals surface area contributed by atoms with E-state index in [4.69, 9.17) is 11.6 Å². The SMILES string of the molecule is CSC(C)CCNc1c(Cl)cnn(CC2CC2)c1=O. The van der Waals surface area contributed by atoms with Gasteiger partial charge in [-0.15, -0.1) is 0 Å². The lowest BCUT2D eigenvalue weighted by Gasteiger charge is -2.12. The fourth-order valence-electron chi connectivity index (χ4n) is 1.82. The molecule has 0 aliphatic heterocycles. The van der Waals surface area contributed by atoms with Gasteiger partial charge in [0.15, 0.2) is 0 Å². The van der Waals surface area contributed by atoms with Crippen LogP contribution in [0.4, 0.5) is 5.69 Å². The summed E-state index contributed by atoms with van der Waals surface area (Å²) in [6, 6.07) is 0. The van der Waals surface area contributed by atoms with Crippen molar-refractivity contribution in [2.75, 3.05) is 18.1 Å². The largest absolute Gasteiger partial charge is 0.379 e. The van der Waals surface area contributed by atoms with E-state index in [-0.39, 0.29) is 5.56 Å². The molecule has 2 rings (SSSR count). The number of thioether (sulfide) groups is 1. The van der Waals surface area contributed by atoms with E-state index in [9.17, 15) is 4.79 Å². The Balaban J connectivity index is 2.03. The first-order valence-corrected chi connectivity index (χ1v) is 8.30. The lowest BCUT2D eigenvalue weighted by Crippen LogP contribution is -2.27. The average Bonchev–Trinajstić information content (AvgIpc) is 3.20. The van der Waals surface area contributed by atoms with Crippen LogP contribution in [0.2, 0.25) is 5.02 Å². The second kappa shape index (κ2) is 6.66. The average molecular weight is 302 g/mol. The number of nitrogens with zero attached hydrogens (tertiary/aromatic N) is 2. The Morgan fingerprint density at radius 3 is 3.00 bits per heavy atom. The zero-order chi connectivity index (χ0) is 13.8. The molecule has 1 atom stereocenters. The van der Waals surface area contributed by atoms with Crippen molar-refractivity contribution < 1.29 is 0 Å². The molecule has 0 bridgehead atoms. The summed E-state index contributed by atoms with van der Waals surface area (Å²) in [7, 11) is 0. The molecule has 1 aliphatic rings. The monoisotopic (exact) mass is 301 g/mol.